The van der Waals surface area contributed by atoms with Gasteiger partial charge in [-0.15, -0.1) is 0 Å². The van der Waals surface area contributed by atoms with E-state index in [-0.39, 0.29) is 22.5 Å². The highest BCUT2D eigenvalue weighted by molar-refractivity contribution is 8.13. The molecule has 0 saturated heterocycles. The van der Waals surface area contributed by atoms with Crippen molar-refractivity contribution in [2.75, 3.05) is 17.7 Å². The fraction of sp³-hybridized carbons (Fsp3) is 0.143. The van der Waals surface area contributed by atoms with Gasteiger partial charge >= 0.3 is 5.91 Å². The smallest absolute Gasteiger partial charge is 0.301 e. The third-order valence-corrected chi connectivity index (χ3v) is 1.95. The highest BCUT2D eigenvalue weighted by Gasteiger charge is 2.12. The molecule has 1 aromatic heterocycles. The van der Waals surface area contributed by atoms with Gasteiger partial charge in [-0.3, -0.25) is 4.79 Å². The zero-order chi connectivity index (χ0) is 11.4. The summed E-state index contributed by atoms with van der Waals surface area (Å²) in [5, 5.41) is 0.137. The number of thioether (sulfide) groups is 1. The second kappa shape index (κ2) is 4.60. The Morgan fingerprint density at radius 3 is 2.73 bits per heavy atom. The summed E-state index contributed by atoms with van der Waals surface area (Å²) in [5.41, 5.74) is 16.1. The maximum atomic E-state index is 11.4. The second-order valence-corrected chi connectivity index (χ2v) is 3.31. The number of amidine groups is 1. The number of nitrogens with two attached hydrogens (primary N) is 3. The Kier molecular flexibility index (Phi) is 3.45. The van der Waals surface area contributed by atoms with Crippen molar-refractivity contribution < 1.29 is 4.79 Å². The van der Waals surface area contributed by atoms with E-state index in [1.54, 1.807) is 6.26 Å². The summed E-state index contributed by atoms with van der Waals surface area (Å²) in [6, 6.07) is 0. The third kappa shape index (κ3) is 2.81. The van der Waals surface area contributed by atoms with Gasteiger partial charge in [0.2, 0.25) is 0 Å². The number of amides is 1. The monoisotopic (exact) mass is 226 g/mol. The van der Waals surface area contributed by atoms with Crippen molar-refractivity contribution in [3.05, 3.63) is 11.9 Å². The van der Waals surface area contributed by atoms with Crippen molar-refractivity contribution in [2.24, 2.45) is 10.7 Å². The first-order valence-electron chi connectivity index (χ1n) is 3.85. The van der Waals surface area contributed by atoms with Gasteiger partial charge in [-0.2, -0.15) is 4.99 Å². The minimum absolute atomic E-state index is 0.0544. The molecule has 1 aromatic rings. The van der Waals surface area contributed by atoms with E-state index < -0.39 is 5.91 Å². The summed E-state index contributed by atoms with van der Waals surface area (Å²) < 4.78 is 0. The quantitative estimate of drug-likeness (QED) is 0.432. The number of hydrogen-bond donors (Lipinski definition) is 3. The van der Waals surface area contributed by atoms with E-state index in [2.05, 4.69) is 15.0 Å². The number of nitrogen functional groups attached to an aromatic ring is 2. The summed E-state index contributed by atoms with van der Waals surface area (Å²) in [4.78, 5) is 22.4. The Hall–Kier alpha value is -1.83. The van der Waals surface area contributed by atoms with E-state index in [0.29, 0.717) is 0 Å². The normalized spacial score (nSPS) is 11.4. The molecule has 0 spiro atoms. The predicted octanol–water partition coefficient (Wildman–Crippen LogP) is -0.541. The van der Waals surface area contributed by atoms with Gasteiger partial charge in [0.05, 0.1) is 6.20 Å². The van der Waals surface area contributed by atoms with Gasteiger partial charge in [-0.25, -0.2) is 9.97 Å². The molecule has 1 rings (SSSR count). The molecule has 15 heavy (non-hydrogen) atoms. The molecule has 0 unspecified atom stereocenters. The van der Waals surface area contributed by atoms with E-state index in [1.165, 1.54) is 6.20 Å². The van der Waals surface area contributed by atoms with Crippen molar-refractivity contribution in [2.45, 2.75) is 0 Å². The van der Waals surface area contributed by atoms with Crippen molar-refractivity contribution >= 4 is 34.5 Å². The Morgan fingerprint density at radius 2 is 2.20 bits per heavy atom. The van der Waals surface area contributed by atoms with Crippen LogP contribution in [-0.4, -0.2) is 27.3 Å². The molecule has 0 aliphatic carbocycles. The first-order chi connectivity index (χ1) is 7.04. The van der Waals surface area contributed by atoms with Crippen molar-refractivity contribution in [3.8, 4) is 0 Å². The molecule has 0 saturated carbocycles. The summed E-state index contributed by atoms with van der Waals surface area (Å²) in [5.74, 6) is -0.546. The molecule has 0 bridgehead atoms. The number of carbonyl (C=O) groups excluding carboxylic acids is 1. The molecule has 7 nitrogen and oxygen atoms in total. The van der Waals surface area contributed by atoms with E-state index in [4.69, 9.17) is 17.2 Å². The van der Waals surface area contributed by atoms with Crippen molar-refractivity contribution in [3.63, 3.8) is 0 Å². The summed E-state index contributed by atoms with van der Waals surface area (Å²) in [7, 11) is 0. The van der Waals surface area contributed by atoms with Crippen LogP contribution in [0.4, 0.5) is 11.6 Å². The minimum atomic E-state index is -0.633. The van der Waals surface area contributed by atoms with Gasteiger partial charge in [0.15, 0.2) is 16.7 Å². The maximum absolute atomic E-state index is 11.4. The number of rotatable bonds is 1. The Bertz CT molecular complexity index is 418. The fourth-order valence-electron chi connectivity index (χ4n) is 0.781. The van der Waals surface area contributed by atoms with Gasteiger partial charge < -0.3 is 17.2 Å². The topological polar surface area (TPSA) is 133 Å². The van der Waals surface area contributed by atoms with E-state index in [1.807, 2.05) is 0 Å². The fourth-order valence-corrected chi connectivity index (χ4v) is 0.955. The number of carbonyl (C=O) groups is 1. The molecule has 80 valence electrons. The van der Waals surface area contributed by atoms with Crippen LogP contribution in [0.25, 0.3) is 0 Å². The Labute approximate surface area is 90.2 Å². The summed E-state index contributed by atoms with van der Waals surface area (Å²) in [6.45, 7) is 0. The number of hydrogen-bond acceptors (Lipinski definition) is 6. The average molecular weight is 226 g/mol. The first kappa shape index (κ1) is 11.2. The van der Waals surface area contributed by atoms with Crippen LogP contribution in [0.5, 0.6) is 0 Å². The summed E-state index contributed by atoms with van der Waals surface area (Å²) >= 11 is 1.15. The molecule has 0 atom stereocenters. The first-order valence-corrected chi connectivity index (χ1v) is 5.07. The van der Waals surface area contributed by atoms with Crippen LogP contribution in [0.2, 0.25) is 0 Å². The van der Waals surface area contributed by atoms with Crippen LogP contribution in [0.15, 0.2) is 11.2 Å². The van der Waals surface area contributed by atoms with Crippen molar-refractivity contribution in [1.29, 1.82) is 0 Å². The molecule has 1 heterocycles. The molecular formula is C7H10N6OS. The highest BCUT2D eigenvalue weighted by atomic mass is 32.2. The molecule has 0 radical (unpaired) electrons. The van der Waals surface area contributed by atoms with Crippen LogP contribution in [0.3, 0.4) is 0 Å². The largest absolute Gasteiger partial charge is 0.382 e. The lowest BCUT2D eigenvalue weighted by atomic mass is 10.4. The van der Waals surface area contributed by atoms with E-state index >= 15 is 0 Å². The molecule has 8 heteroatoms. The number of anilines is 2. The maximum Gasteiger partial charge on any atom is 0.301 e. The van der Waals surface area contributed by atoms with E-state index in [9.17, 15) is 4.79 Å². The van der Waals surface area contributed by atoms with Crippen molar-refractivity contribution in [1.82, 2.24) is 9.97 Å². The van der Waals surface area contributed by atoms with Gasteiger partial charge in [-0.1, -0.05) is 11.8 Å². The van der Waals surface area contributed by atoms with Gasteiger partial charge in [0, 0.05) is 0 Å². The van der Waals surface area contributed by atoms with Crippen LogP contribution in [-0.2, 0) is 0 Å². The van der Waals surface area contributed by atoms with E-state index in [0.717, 1.165) is 11.8 Å². The number of aromatic nitrogens is 2. The van der Waals surface area contributed by atoms with Crippen LogP contribution < -0.4 is 17.2 Å². The SMILES string of the molecule is CSC(N)=NC(=O)c1ncc(N)nc1N. The zero-order valence-corrected chi connectivity index (χ0v) is 8.78. The lowest BCUT2D eigenvalue weighted by molar-refractivity contribution is 0.0999. The lowest BCUT2D eigenvalue weighted by Crippen LogP contribution is -2.13. The molecule has 6 N–H and O–H groups in total. The number of nitrogens with zero attached hydrogens (tertiary/aromatic N) is 3. The standard InChI is InChI=1S/C7H10N6OS/c1-15-7(10)13-6(14)4-5(9)12-3(8)2-11-4/h2H,1H3,(H4,8,9,12)(H2,10,13,14). The van der Waals surface area contributed by atoms with Gasteiger partial charge in [0.25, 0.3) is 0 Å². The highest BCUT2D eigenvalue weighted by Crippen LogP contribution is 2.09. The Morgan fingerprint density at radius 1 is 1.53 bits per heavy atom. The molecule has 1 amide bonds. The van der Waals surface area contributed by atoms with Crippen LogP contribution in [0.1, 0.15) is 10.5 Å². The van der Waals surface area contributed by atoms with Crippen LogP contribution in [0, 0.1) is 0 Å². The van der Waals surface area contributed by atoms with Gasteiger partial charge in [0.1, 0.15) is 5.82 Å². The Balaban J connectivity index is 3.02. The molecular weight excluding hydrogens is 216 g/mol. The van der Waals surface area contributed by atoms with Crippen LogP contribution >= 0.6 is 11.8 Å². The molecule has 0 aliphatic rings. The number of aliphatic imine (C=N–C) groups is 1. The lowest BCUT2D eigenvalue weighted by Gasteiger charge is -2.00. The average Bonchev–Trinajstić information content (AvgIpc) is 2.17. The molecule has 0 fully saturated rings. The zero-order valence-electron chi connectivity index (χ0n) is 7.97. The minimum Gasteiger partial charge on any atom is -0.382 e. The third-order valence-electron chi connectivity index (χ3n) is 1.44. The summed E-state index contributed by atoms with van der Waals surface area (Å²) in [6.07, 6.45) is 2.93. The predicted molar refractivity (Wildman–Crippen MR) is 60.3 cm³/mol. The molecule has 0 aliphatic heterocycles. The molecule has 0 aromatic carbocycles. The second-order valence-electron chi connectivity index (χ2n) is 2.49. The van der Waals surface area contributed by atoms with Gasteiger partial charge in [-0.05, 0) is 6.26 Å².